The fourth-order valence-corrected chi connectivity index (χ4v) is 3.28. The van der Waals surface area contributed by atoms with Crippen molar-refractivity contribution in [2.45, 2.75) is 18.4 Å². The number of nitrogens with one attached hydrogen (secondary N) is 1. The molecule has 1 N–H and O–H groups in total. The summed E-state index contributed by atoms with van der Waals surface area (Å²) in [5.74, 6) is -0.612. The highest BCUT2D eigenvalue weighted by Gasteiger charge is 2.20. The van der Waals surface area contributed by atoms with Gasteiger partial charge in [0.2, 0.25) is 0 Å². The average molecular weight is 390 g/mol. The van der Waals surface area contributed by atoms with Crippen molar-refractivity contribution in [3.05, 3.63) is 76.3 Å². The largest absolute Gasteiger partial charge is 0.322 e. The van der Waals surface area contributed by atoms with E-state index < -0.39 is 0 Å². The average Bonchev–Trinajstić information content (AvgIpc) is 2.91. The van der Waals surface area contributed by atoms with Crippen LogP contribution in [0.1, 0.15) is 21.6 Å². The molecule has 134 valence electrons. The maximum absolute atomic E-state index is 13.0. The van der Waals surface area contributed by atoms with E-state index in [1.54, 1.807) is 30.8 Å². The third-order valence-electron chi connectivity index (χ3n) is 3.89. The maximum atomic E-state index is 13.0. The number of aryl methyl sites for hydroxylation is 1. The Bertz CT molecular complexity index is 923. The highest BCUT2D eigenvalue weighted by atomic mass is 35.5. The van der Waals surface area contributed by atoms with Crippen molar-refractivity contribution in [3.63, 3.8) is 0 Å². The molecule has 3 aromatic rings. The molecule has 1 aromatic heterocycles. The van der Waals surface area contributed by atoms with E-state index in [9.17, 15) is 9.18 Å². The van der Waals surface area contributed by atoms with E-state index in [0.29, 0.717) is 23.5 Å². The number of hydrogen-bond donors (Lipinski definition) is 1. The van der Waals surface area contributed by atoms with Gasteiger partial charge in [0.25, 0.3) is 5.91 Å². The van der Waals surface area contributed by atoms with Gasteiger partial charge in [0.15, 0.2) is 0 Å². The monoisotopic (exact) mass is 389 g/mol. The number of carbonyl (C=O) groups excluding carboxylic acids is 1. The van der Waals surface area contributed by atoms with Crippen LogP contribution < -0.4 is 5.32 Å². The van der Waals surface area contributed by atoms with Crippen LogP contribution in [0, 0.1) is 12.7 Å². The van der Waals surface area contributed by atoms with Crippen LogP contribution in [0.4, 0.5) is 10.1 Å². The molecule has 0 aliphatic heterocycles. The van der Waals surface area contributed by atoms with Gasteiger partial charge in [-0.3, -0.25) is 4.79 Å². The molecule has 0 aliphatic carbocycles. The molecule has 0 radical (unpaired) electrons. The number of benzene rings is 2. The quantitative estimate of drug-likeness (QED) is 0.624. The number of aromatic nitrogens is 2. The number of nitrogens with zero attached hydrogens (tertiary/aromatic N) is 2. The molecule has 3 rings (SSSR count). The minimum Gasteiger partial charge on any atom is -0.322 e. The molecule has 1 amide bonds. The fraction of sp³-hybridized carbons (Fsp3) is 0.158. The van der Waals surface area contributed by atoms with E-state index in [1.807, 2.05) is 30.5 Å². The van der Waals surface area contributed by atoms with Gasteiger partial charge in [-0.25, -0.2) is 9.07 Å². The predicted octanol–water partition coefficient (Wildman–Crippen LogP) is 5.01. The molecule has 0 saturated carbocycles. The van der Waals surface area contributed by atoms with Gasteiger partial charge in [0, 0.05) is 10.6 Å². The summed E-state index contributed by atoms with van der Waals surface area (Å²) in [4.78, 5) is 13.7. The Morgan fingerprint density at radius 3 is 2.46 bits per heavy atom. The molecule has 26 heavy (non-hydrogen) atoms. The summed E-state index contributed by atoms with van der Waals surface area (Å²) >= 11 is 8.01. The minimum absolute atomic E-state index is 0.255. The van der Waals surface area contributed by atoms with E-state index in [0.717, 1.165) is 10.5 Å². The number of halogens is 2. The van der Waals surface area contributed by atoms with Crippen LogP contribution in [0.3, 0.4) is 0 Å². The fourth-order valence-electron chi connectivity index (χ4n) is 2.55. The van der Waals surface area contributed by atoms with Crippen LogP contribution >= 0.6 is 23.4 Å². The van der Waals surface area contributed by atoms with Crippen LogP contribution in [0.5, 0.6) is 0 Å². The first kappa shape index (κ1) is 18.5. The summed E-state index contributed by atoms with van der Waals surface area (Å²) in [5.41, 5.74) is 2.41. The van der Waals surface area contributed by atoms with E-state index in [2.05, 4.69) is 10.4 Å². The van der Waals surface area contributed by atoms with Crippen LogP contribution in [-0.2, 0) is 6.54 Å². The highest BCUT2D eigenvalue weighted by Crippen LogP contribution is 2.23. The Morgan fingerprint density at radius 1 is 1.19 bits per heavy atom. The Labute approximate surface area is 160 Å². The van der Waals surface area contributed by atoms with Gasteiger partial charge in [0.05, 0.1) is 17.8 Å². The first-order valence-corrected chi connectivity index (χ1v) is 9.51. The number of rotatable bonds is 5. The van der Waals surface area contributed by atoms with Crippen molar-refractivity contribution in [2.75, 3.05) is 11.6 Å². The van der Waals surface area contributed by atoms with Crippen LogP contribution in [0.25, 0.3) is 0 Å². The normalized spacial score (nSPS) is 10.8. The lowest BCUT2D eigenvalue weighted by molar-refractivity contribution is 0.102. The minimum atomic E-state index is -0.310. The molecule has 7 heteroatoms. The molecule has 0 saturated heterocycles. The Kier molecular flexibility index (Phi) is 5.64. The lowest BCUT2D eigenvalue weighted by Gasteiger charge is -2.06. The highest BCUT2D eigenvalue weighted by molar-refractivity contribution is 7.98. The van der Waals surface area contributed by atoms with Crippen LogP contribution in [-0.4, -0.2) is 21.9 Å². The van der Waals surface area contributed by atoms with Gasteiger partial charge in [-0.2, -0.15) is 5.10 Å². The SMILES string of the molecule is CSc1ccc(NC(=O)c2c(C)nn(Cc3ccc(F)cc3)c2Cl)cc1. The molecule has 2 aromatic carbocycles. The molecule has 0 bridgehead atoms. The molecule has 0 aliphatic rings. The van der Waals surface area contributed by atoms with Crippen molar-refractivity contribution in [1.29, 1.82) is 0 Å². The number of amides is 1. The second-order valence-corrected chi connectivity index (χ2v) is 6.96. The summed E-state index contributed by atoms with van der Waals surface area (Å²) in [6, 6.07) is 13.6. The molecule has 0 spiro atoms. The number of carbonyl (C=O) groups is 1. The van der Waals surface area contributed by atoms with Crippen molar-refractivity contribution in [3.8, 4) is 0 Å². The summed E-state index contributed by atoms with van der Waals surface area (Å²) in [6.45, 7) is 2.09. The standard InChI is InChI=1S/C19H17ClFN3OS/c1-12-17(19(25)22-15-7-9-16(26-2)10-8-15)18(20)24(23-12)11-13-3-5-14(21)6-4-13/h3-10H,11H2,1-2H3,(H,22,25). The first-order chi connectivity index (χ1) is 12.5. The second-order valence-electron chi connectivity index (χ2n) is 5.72. The summed E-state index contributed by atoms with van der Waals surface area (Å²) in [6.07, 6.45) is 1.99. The van der Waals surface area contributed by atoms with E-state index in [1.165, 1.54) is 16.8 Å². The molecule has 0 atom stereocenters. The van der Waals surface area contributed by atoms with Crippen LogP contribution in [0.15, 0.2) is 53.4 Å². The lowest BCUT2D eigenvalue weighted by Crippen LogP contribution is -2.13. The molecule has 0 unspecified atom stereocenters. The Hall–Kier alpha value is -2.31. The smallest absolute Gasteiger partial charge is 0.260 e. The van der Waals surface area contributed by atoms with Crippen molar-refractivity contribution in [2.24, 2.45) is 0 Å². The summed E-state index contributed by atoms with van der Waals surface area (Å²) in [7, 11) is 0. The van der Waals surface area contributed by atoms with Crippen molar-refractivity contribution < 1.29 is 9.18 Å². The maximum Gasteiger partial charge on any atom is 0.260 e. The number of anilines is 1. The summed E-state index contributed by atoms with van der Waals surface area (Å²) in [5, 5.41) is 7.44. The van der Waals surface area contributed by atoms with Gasteiger partial charge in [-0.05, 0) is 55.1 Å². The number of thioether (sulfide) groups is 1. The zero-order valence-corrected chi connectivity index (χ0v) is 15.9. The van der Waals surface area contributed by atoms with E-state index >= 15 is 0 Å². The van der Waals surface area contributed by atoms with Gasteiger partial charge in [-0.1, -0.05) is 23.7 Å². The van der Waals surface area contributed by atoms with Crippen molar-refractivity contribution in [1.82, 2.24) is 9.78 Å². The van der Waals surface area contributed by atoms with E-state index in [-0.39, 0.29) is 16.9 Å². The summed E-state index contributed by atoms with van der Waals surface area (Å²) < 4.78 is 14.6. The lowest BCUT2D eigenvalue weighted by atomic mass is 10.2. The zero-order chi connectivity index (χ0) is 18.7. The third kappa shape index (κ3) is 4.08. The third-order valence-corrected chi connectivity index (χ3v) is 5.01. The van der Waals surface area contributed by atoms with Gasteiger partial charge < -0.3 is 5.32 Å². The predicted molar refractivity (Wildman–Crippen MR) is 104 cm³/mol. The zero-order valence-electron chi connectivity index (χ0n) is 14.3. The second kappa shape index (κ2) is 7.93. The van der Waals surface area contributed by atoms with Crippen LogP contribution in [0.2, 0.25) is 5.15 Å². The molecular weight excluding hydrogens is 373 g/mol. The molecule has 1 heterocycles. The Morgan fingerprint density at radius 2 is 1.85 bits per heavy atom. The molecular formula is C19H17ClFN3OS. The van der Waals surface area contributed by atoms with Gasteiger partial charge in [0.1, 0.15) is 11.0 Å². The number of hydrogen-bond acceptors (Lipinski definition) is 3. The van der Waals surface area contributed by atoms with E-state index in [4.69, 9.17) is 11.6 Å². The van der Waals surface area contributed by atoms with Crippen molar-refractivity contribution >= 4 is 35.0 Å². The first-order valence-electron chi connectivity index (χ1n) is 7.90. The van der Waals surface area contributed by atoms with Gasteiger partial charge in [-0.15, -0.1) is 11.8 Å². The molecule has 0 fully saturated rings. The van der Waals surface area contributed by atoms with Gasteiger partial charge >= 0.3 is 0 Å². The Balaban J connectivity index is 1.79. The topological polar surface area (TPSA) is 46.9 Å². The molecule has 4 nitrogen and oxygen atoms in total.